The summed E-state index contributed by atoms with van der Waals surface area (Å²) in [4.78, 5) is 25.2. The van der Waals surface area contributed by atoms with Gasteiger partial charge in [0.15, 0.2) is 0 Å². The summed E-state index contributed by atoms with van der Waals surface area (Å²) < 4.78 is 5.29. The zero-order chi connectivity index (χ0) is 18.0. The first-order valence-electron chi connectivity index (χ1n) is 7.56. The summed E-state index contributed by atoms with van der Waals surface area (Å²) in [5.74, 6) is -0.370. The molecule has 0 fully saturated rings. The molecule has 2 aromatic rings. The van der Waals surface area contributed by atoms with Gasteiger partial charge in [-0.2, -0.15) is 10.1 Å². The highest BCUT2D eigenvalue weighted by atomic mass is 35.5. The standard InChI is InChI=1S/C19H15ClN2O3/c1-12-16(11-14-10-15(20)8-9-17(14)25-2)19(24)22(21-12)18(23)13-6-4-3-5-7-13/h3-11H,1-2H3/b16-11+. The number of methoxy groups -OCH3 is 1. The fourth-order valence-electron chi connectivity index (χ4n) is 2.50. The van der Waals surface area contributed by atoms with Crippen LogP contribution in [0, 0.1) is 0 Å². The maximum Gasteiger partial charge on any atom is 0.283 e. The molecule has 0 aromatic heterocycles. The Bertz CT molecular complexity index is 904. The summed E-state index contributed by atoms with van der Waals surface area (Å²) in [6.45, 7) is 1.68. The molecule has 0 saturated heterocycles. The maximum absolute atomic E-state index is 12.7. The van der Waals surface area contributed by atoms with Gasteiger partial charge < -0.3 is 4.74 Å². The number of benzene rings is 2. The van der Waals surface area contributed by atoms with Crippen LogP contribution in [0.25, 0.3) is 6.08 Å². The lowest BCUT2D eigenvalue weighted by atomic mass is 10.1. The van der Waals surface area contributed by atoms with Gasteiger partial charge in [0.25, 0.3) is 11.8 Å². The third-order valence-electron chi connectivity index (χ3n) is 3.77. The third-order valence-corrected chi connectivity index (χ3v) is 4.00. The second-order valence-electron chi connectivity index (χ2n) is 5.42. The number of rotatable bonds is 3. The number of nitrogens with zero attached hydrogens (tertiary/aromatic N) is 2. The molecule has 1 aliphatic heterocycles. The summed E-state index contributed by atoms with van der Waals surface area (Å²) in [6, 6.07) is 13.7. The zero-order valence-corrected chi connectivity index (χ0v) is 14.4. The van der Waals surface area contributed by atoms with E-state index in [1.165, 1.54) is 7.11 Å². The Morgan fingerprint density at radius 1 is 1.20 bits per heavy atom. The summed E-state index contributed by atoms with van der Waals surface area (Å²) >= 11 is 6.03. The third kappa shape index (κ3) is 3.32. The summed E-state index contributed by atoms with van der Waals surface area (Å²) in [6.07, 6.45) is 1.63. The first kappa shape index (κ1) is 16.9. The number of ether oxygens (including phenoxy) is 1. The van der Waals surface area contributed by atoms with Crippen LogP contribution in [-0.4, -0.2) is 29.6 Å². The summed E-state index contributed by atoms with van der Waals surface area (Å²) in [5, 5.41) is 5.51. The van der Waals surface area contributed by atoms with Crippen LogP contribution >= 0.6 is 11.6 Å². The predicted molar refractivity (Wildman–Crippen MR) is 96.7 cm³/mol. The molecule has 5 nitrogen and oxygen atoms in total. The van der Waals surface area contributed by atoms with E-state index in [2.05, 4.69) is 5.10 Å². The predicted octanol–water partition coefficient (Wildman–Crippen LogP) is 3.79. The van der Waals surface area contributed by atoms with Crippen molar-refractivity contribution in [1.82, 2.24) is 5.01 Å². The monoisotopic (exact) mass is 354 g/mol. The van der Waals surface area contributed by atoms with Crippen molar-refractivity contribution in [2.24, 2.45) is 5.10 Å². The van der Waals surface area contributed by atoms with E-state index in [1.807, 2.05) is 0 Å². The molecule has 0 unspecified atom stereocenters. The second-order valence-corrected chi connectivity index (χ2v) is 5.85. The van der Waals surface area contributed by atoms with Crippen LogP contribution in [-0.2, 0) is 4.79 Å². The number of carbonyl (C=O) groups is 2. The van der Waals surface area contributed by atoms with E-state index >= 15 is 0 Å². The van der Waals surface area contributed by atoms with E-state index in [0.29, 0.717) is 33.2 Å². The van der Waals surface area contributed by atoms with Crippen LogP contribution in [0.5, 0.6) is 5.75 Å². The van der Waals surface area contributed by atoms with E-state index in [1.54, 1.807) is 61.5 Å². The van der Waals surface area contributed by atoms with Gasteiger partial charge in [0.05, 0.1) is 18.4 Å². The van der Waals surface area contributed by atoms with Crippen LogP contribution in [0.15, 0.2) is 59.2 Å². The average molecular weight is 355 g/mol. The molecule has 0 atom stereocenters. The van der Waals surface area contributed by atoms with Crippen molar-refractivity contribution in [3.05, 3.63) is 70.3 Å². The summed E-state index contributed by atoms with van der Waals surface area (Å²) in [5.41, 5.74) is 1.82. The minimum Gasteiger partial charge on any atom is -0.496 e. The Morgan fingerprint density at radius 2 is 1.92 bits per heavy atom. The summed E-state index contributed by atoms with van der Waals surface area (Å²) in [7, 11) is 1.54. The second kappa shape index (κ2) is 6.91. The molecule has 2 aromatic carbocycles. The minimum atomic E-state index is -0.478. The molecule has 0 N–H and O–H groups in total. The van der Waals surface area contributed by atoms with Gasteiger partial charge in [-0.05, 0) is 43.3 Å². The van der Waals surface area contributed by atoms with Crippen LogP contribution < -0.4 is 4.74 Å². The maximum atomic E-state index is 12.7. The largest absolute Gasteiger partial charge is 0.496 e. The molecule has 0 saturated carbocycles. The fraction of sp³-hybridized carbons (Fsp3) is 0.105. The average Bonchev–Trinajstić information content (AvgIpc) is 2.90. The van der Waals surface area contributed by atoms with Crippen molar-refractivity contribution in [1.29, 1.82) is 0 Å². The van der Waals surface area contributed by atoms with Crippen LogP contribution in [0.4, 0.5) is 0 Å². The Balaban J connectivity index is 1.96. The zero-order valence-electron chi connectivity index (χ0n) is 13.7. The quantitative estimate of drug-likeness (QED) is 0.622. The van der Waals surface area contributed by atoms with Crippen molar-refractivity contribution in [2.75, 3.05) is 7.11 Å². The number of hydrogen-bond donors (Lipinski definition) is 0. The molecule has 0 bridgehead atoms. The normalized spacial score (nSPS) is 15.5. The lowest BCUT2D eigenvalue weighted by molar-refractivity contribution is -0.123. The number of hydrogen-bond acceptors (Lipinski definition) is 4. The van der Waals surface area contributed by atoms with Gasteiger partial charge in [-0.1, -0.05) is 29.8 Å². The fourth-order valence-corrected chi connectivity index (χ4v) is 2.68. The van der Waals surface area contributed by atoms with Crippen molar-refractivity contribution in [3.8, 4) is 5.75 Å². The lowest BCUT2D eigenvalue weighted by Gasteiger charge is -2.10. The molecule has 25 heavy (non-hydrogen) atoms. The van der Waals surface area contributed by atoms with Crippen LogP contribution in [0.2, 0.25) is 5.02 Å². The Labute approximate surface area is 150 Å². The number of carbonyl (C=O) groups excluding carboxylic acids is 2. The van der Waals surface area contributed by atoms with Crippen LogP contribution in [0.3, 0.4) is 0 Å². The Kier molecular flexibility index (Phi) is 4.67. The molecule has 0 radical (unpaired) electrons. The van der Waals surface area contributed by atoms with Gasteiger partial charge in [-0.15, -0.1) is 0 Å². The minimum absolute atomic E-state index is 0.324. The number of hydrazone groups is 1. The Morgan fingerprint density at radius 3 is 2.60 bits per heavy atom. The highest BCUT2D eigenvalue weighted by molar-refractivity contribution is 6.32. The molecule has 1 aliphatic rings. The number of amides is 2. The molecule has 0 spiro atoms. The van der Waals surface area contributed by atoms with Gasteiger partial charge in [0, 0.05) is 16.1 Å². The van der Waals surface area contributed by atoms with Gasteiger partial charge in [-0.25, -0.2) is 0 Å². The highest BCUT2D eigenvalue weighted by Crippen LogP contribution is 2.27. The van der Waals surface area contributed by atoms with E-state index in [9.17, 15) is 9.59 Å². The smallest absolute Gasteiger partial charge is 0.283 e. The number of imide groups is 1. The van der Waals surface area contributed by atoms with Gasteiger partial charge in [0.2, 0.25) is 0 Å². The van der Waals surface area contributed by atoms with Crippen molar-refractivity contribution < 1.29 is 14.3 Å². The molecular formula is C19H15ClN2O3. The van der Waals surface area contributed by atoms with E-state index in [-0.39, 0.29) is 0 Å². The SMILES string of the molecule is COc1ccc(Cl)cc1/C=C1/C(=O)N(C(=O)c2ccccc2)N=C1C. The highest BCUT2D eigenvalue weighted by Gasteiger charge is 2.33. The van der Waals surface area contributed by atoms with Crippen molar-refractivity contribution >= 4 is 35.2 Å². The van der Waals surface area contributed by atoms with Gasteiger partial charge in [-0.3, -0.25) is 9.59 Å². The molecule has 3 rings (SSSR count). The van der Waals surface area contributed by atoms with E-state index in [4.69, 9.17) is 16.3 Å². The molecule has 6 heteroatoms. The first-order chi connectivity index (χ1) is 12.0. The van der Waals surface area contributed by atoms with Crippen molar-refractivity contribution in [3.63, 3.8) is 0 Å². The van der Waals surface area contributed by atoms with Gasteiger partial charge >= 0.3 is 0 Å². The molecule has 126 valence electrons. The molecule has 1 heterocycles. The van der Waals surface area contributed by atoms with Crippen molar-refractivity contribution in [2.45, 2.75) is 6.92 Å². The van der Waals surface area contributed by atoms with E-state index < -0.39 is 11.8 Å². The molecular weight excluding hydrogens is 340 g/mol. The van der Waals surface area contributed by atoms with E-state index in [0.717, 1.165) is 5.01 Å². The van der Waals surface area contributed by atoms with Crippen LogP contribution in [0.1, 0.15) is 22.8 Å². The topological polar surface area (TPSA) is 59.0 Å². The number of halogens is 1. The molecule has 0 aliphatic carbocycles. The molecule has 2 amide bonds. The Hall–Kier alpha value is -2.92. The first-order valence-corrected chi connectivity index (χ1v) is 7.93. The lowest BCUT2D eigenvalue weighted by Crippen LogP contribution is -2.29. The van der Waals surface area contributed by atoms with Gasteiger partial charge in [0.1, 0.15) is 5.75 Å².